The van der Waals surface area contributed by atoms with Crippen LogP contribution in [0.25, 0.3) is 6.08 Å². The second-order valence-electron chi connectivity index (χ2n) is 4.33. The van der Waals surface area contributed by atoms with E-state index in [1.54, 1.807) is 12.1 Å². The van der Waals surface area contributed by atoms with Crippen molar-refractivity contribution in [1.82, 2.24) is 0 Å². The first kappa shape index (κ1) is 14.5. The summed E-state index contributed by atoms with van der Waals surface area (Å²) in [5.74, 6) is -0.488. The van der Waals surface area contributed by atoms with Gasteiger partial charge in [-0.2, -0.15) is 0 Å². The maximum absolute atomic E-state index is 12.0. The Hall–Kier alpha value is -2.95. The second kappa shape index (κ2) is 6.00. The van der Waals surface area contributed by atoms with Gasteiger partial charge in [-0.25, -0.2) is 0 Å². The van der Waals surface area contributed by atoms with Gasteiger partial charge in [0.15, 0.2) is 17.3 Å². The van der Waals surface area contributed by atoms with Gasteiger partial charge in [0.25, 0.3) is 0 Å². The lowest BCUT2D eigenvalue weighted by atomic mass is 10.1. The quantitative estimate of drug-likeness (QED) is 0.594. The van der Waals surface area contributed by atoms with E-state index in [0.29, 0.717) is 11.3 Å². The van der Waals surface area contributed by atoms with Crippen molar-refractivity contribution in [3.05, 3.63) is 53.6 Å². The lowest BCUT2D eigenvalue weighted by Gasteiger charge is -2.04. The molecule has 0 saturated heterocycles. The number of allylic oxidation sites excluding steroid dienone is 1. The van der Waals surface area contributed by atoms with Crippen LogP contribution in [-0.4, -0.2) is 28.2 Å². The molecule has 2 aromatic rings. The van der Waals surface area contributed by atoms with E-state index in [9.17, 15) is 20.1 Å². The molecule has 0 aromatic heterocycles. The lowest BCUT2D eigenvalue weighted by Crippen LogP contribution is -1.94. The zero-order valence-electron chi connectivity index (χ0n) is 11.3. The summed E-state index contributed by atoms with van der Waals surface area (Å²) >= 11 is 0. The zero-order valence-corrected chi connectivity index (χ0v) is 11.3. The molecule has 0 bridgehead atoms. The van der Waals surface area contributed by atoms with Crippen LogP contribution < -0.4 is 4.74 Å². The summed E-state index contributed by atoms with van der Waals surface area (Å²) in [6, 6.07) is 8.43. The Balaban J connectivity index is 2.22. The molecule has 0 aliphatic heterocycles. The minimum atomic E-state index is -0.403. The molecule has 108 valence electrons. The first-order chi connectivity index (χ1) is 10.0. The highest BCUT2D eigenvalue weighted by Gasteiger charge is 2.09. The number of ether oxygens (including phenoxy) is 1. The Bertz CT molecular complexity index is 704. The third-order valence-corrected chi connectivity index (χ3v) is 2.88. The van der Waals surface area contributed by atoms with Gasteiger partial charge >= 0.3 is 0 Å². The highest BCUT2D eigenvalue weighted by atomic mass is 16.5. The fourth-order valence-electron chi connectivity index (χ4n) is 1.79. The molecular weight excluding hydrogens is 272 g/mol. The fraction of sp³-hybridized carbons (Fsp3) is 0.0625. The van der Waals surface area contributed by atoms with E-state index in [1.165, 1.54) is 37.5 Å². The summed E-state index contributed by atoms with van der Waals surface area (Å²) in [6.07, 6.45) is 2.83. The smallest absolute Gasteiger partial charge is 0.189 e. The van der Waals surface area contributed by atoms with E-state index in [2.05, 4.69) is 0 Å². The minimum Gasteiger partial charge on any atom is -0.508 e. The summed E-state index contributed by atoms with van der Waals surface area (Å²) < 4.78 is 4.97. The molecule has 0 fully saturated rings. The van der Waals surface area contributed by atoms with Gasteiger partial charge in [0.1, 0.15) is 11.5 Å². The monoisotopic (exact) mass is 286 g/mol. The number of ketones is 1. The number of carbonyl (C=O) groups excluding carboxylic acids is 1. The summed E-state index contributed by atoms with van der Waals surface area (Å²) in [5.41, 5.74) is 0.756. The topological polar surface area (TPSA) is 87.0 Å². The van der Waals surface area contributed by atoms with Crippen molar-refractivity contribution in [3.63, 3.8) is 0 Å². The van der Waals surface area contributed by atoms with Crippen molar-refractivity contribution in [3.8, 4) is 23.0 Å². The van der Waals surface area contributed by atoms with E-state index < -0.39 is 5.78 Å². The molecule has 0 amide bonds. The number of phenolic OH excluding ortho intramolecular Hbond substituents is 3. The Kier molecular flexibility index (Phi) is 4.13. The minimum absolute atomic E-state index is 0.0113. The highest BCUT2D eigenvalue weighted by Crippen LogP contribution is 2.27. The van der Waals surface area contributed by atoms with E-state index in [1.807, 2.05) is 0 Å². The molecule has 0 spiro atoms. The number of aromatic hydroxyl groups is 3. The Morgan fingerprint density at radius 2 is 1.81 bits per heavy atom. The largest absolute Gasteiger partial charge is 0.508 e. The summed E-state index contributed by atoms with van der Waals surface area (Å²) in [7, 11) is 1.43. The van der Waals surface area contributed by atoms with Crippen LogP contribution in [0.15, 0.2) is 42.5 Å². The number of methoxy groups -OCH3 is 1. The van der Waals surface area contributed by atoms with Crippen LogP contribution >= 0.6 is 0 Å². The van der Waals surface area contributed by atoms with Gasteiger partial charge in [-0.3, -0.25) is 4.79 Å². The standard InChI is InChI=1S/C16H14O5/c1-21-16-8-10(3-7-14(16)19)2-6-13(18)12-5-4-11(17)9-15(12)20/h2-9,17,19-20H,1H3/b6-2-. The van der Waals surface area contributed by atoms with Gasteiger partial charge in [0.2, 0.25) is 0 Å². The van der Waals surface area contributed by atoms with E-state index in [0.717, 1.165) is 6.07 Å². The van der Waals surface area contributed by atoms with E-state index in [-0.39, 0.29) is 22.8 Å². The lowest BCUT2D eigenvalue weighted by molar-refractivity contribution is 0.104. The third-order valence-electron chi connectivity index (χ3n) is 2.88. The molecule has 2 aromatic carbocycles. The molecule has 0 aliphatic rings. The van der Waals surface area contributed by atoms with Gasteiger partial charge < -0.3 is 20.1 Å². The third kappa shape index (κ3) is 3.33. The van der Waals surface area contributed by atoms with Crippen LogP contribution in [-0.2, 0) is 0 Å². The number of benzene rings is 2. The highest BCUT2D eigenvalue weighted by molar-refractivity contribution is 6.08. The Morgan fingerprint density at radius 1 is 1.05 bits per heavy atom. The van der Waals surface area contributed by atoms with Crippen molar-refractivity contribution in [2.45, 2.75) is 0 Å². The van der Waals surface area contributed by atoms with Gasteiger partial charge in [-0.05, 0) is 35.9 Å². The maximum Gasteiger partial charge on any atom is 0.189 e. The number of phenols is 3. The fourth-order valence-corrected chi connectivity index (χ4v) is 1.79. The van der Waals surface area contributed by atoms with Crippen LogP contribution in [0.4, 0.5) is 0 Å². The number of hydrogen-bond donors (Lipinski definition) is 3. The average molecular weight is 286 g/mol. The Labute approximate surface area is 121 Å². The molecule has 2 rings (SSSR count). The summed E-state index contributed by atoms with van der Waals surface area (Å²) in [5, 5.41) is 28.3. The van der Waals surface area contributed by atoms with E-state index in [4.69, 9.17) is 4.74 Å². The van der Waals surface area contributed by atoms with Gasteiger partial charge in [0, 0.05) is 6.07 Å². The van der Waals surface area contributed by atoms with Crippen molar-refractivity contribution in [1.29, 1.82) is 0 Å². The SMILES string of the molecule is COc1cc(/C=C\C(=O)c2ccc(O)cc2O)ccc1O. The van der Waals surface area contributed by atoms with Crippen molar-refractivity contribution in [2.75, 3.05) is 7.11 Å². The molecule has 0 radical (unpaired) electrons. The molecule has 0 aliphatic carbocycles. The molecule has 0 heterocycles. The zero-order chi connectivity index (χ0) is 15.4. The van der Waals surface area contributed by atoms with Gasteiger partial charge in [0.05, 0.1) is 12.7 Å². The van der Waals surface area contributed by atoms with Gasteiger partial charge in [-0.1, -0.05) is 12.1 Å². The number of carbonyl (C=O) groups is 1. The molecule has 5 heteroatoms. The molecule has 21 heavy (non-hydrogen) atoms. The van der Waals surface area contributed by atoms with Crippen LogP contribution in [0.2, 0.25) is 0 Å². The van der Waals surface area contributed by atoms with Crippen LogP contribution in [0, 0.1) is 0 Å². The summed E-state index contributed by atoms with van der Waals surface area (Å²) in [4.78, 5) is 12.0. The number of hydrogen-bond acceptors (Lipinski definition) is 5. The molecule has 5 nitrogen and oxygen atoms in total. The van der Waals surface area contributed by atoms with Crippen molar-refractivity contribution >= 4 is 11.9 Å². The van der Waals surface area contributed by atoms with E-state index >= 15 is 0 Å². The summed E-state index contributed by atoms with van der Waals surface area (Å²) in [6.45, 7) is 0. The predicted octanol–water partition coefficient (Wildman–Crippen LogP) is 2.71. The van der Waals surface area contributed by atoms with Gasteiger partial charge in [-0.15, -0.1) is 0 Å². The number of rotatable bonds is 4. The second-order valence-corrected chi connectivity index (χ2v) is 4.33. The van der Waals surface area contributed by atoms with Crippen LogP contribution in [0.1, 0.15) is 15.9 Å². The first-order valence-electron chi connectivity index (χ1n) is 6.12. The molecule has 0 saturated carbocycles. The van der Waals surface area contributed by atoms with Crippen molar-refractivity contribution in [2.24, 2.45) is 0 Å². The maximum atomic E-state index is 12.0. The van der Waals surface area contributed by atoms with Crippen LogP contribution in [0.3, 0.4) is 0 Å². The first-order valence-corrected chi connectivity index (χ1v) is 6.12. The molecular formula is C16H14O5. The van der Waals surface area contributed by atoms with Crippen LogP contribution in [0.5, 0.6) is 23.0 Å². The predicted molar refractivity (Wildman–Crippen MR) is 77.8 cm³/mol. The van der Waals surface area contributed by atoms with Crippen molar-refractivity contribution < 1.29 is 24.9 Å². The Morgan fingerprint density at radius 3 is 2.48 bits per heavy atom. The average Bonchev–Trinajstić information content (AvgIpc) is 2.46. The molecule has 0 unspecified atom stereocenters. The normalized spacial score (nSPS) is 10.7. The molecule has 3 N–H and O–H groups in total. The molecule has 0 atom stereocenters.